The first-order valence-corrected chi connectivity index (χ1v) is 2.56. The fourth-order valence-corrected chi connectivity index (χ4v) is 0.515. The zero-order valence-corrected chi connectivity index (χ0v) is 4.99. The van der Waals surface area contributed by atoms with Gasteiger partial charge in [0.2, 0.25) is 0 Å². The highest BCUT2D eigenvalue weighted by molar-refractivity contribution is 6.17. The molecule has 5 heteroatoms. The minimum atomic E-state index is -0.604. The van der Waals surface area contributed by atoms with Gasteiger partial charge in [0.05, 0.1) is 6.20 Å². The van der Waals surface area contributed by atoms with Crippen molar-refractivity contribution in [2.45, 2.75) is 0 Å². The Morgan fingerprint density at radius 2 is 2.50 bits per heavy atom. The Kier molecular flexibility index (Phi) is 2.22. The van der Waals surface area contributed by atoms with E-state index < -0.39 is 5.82 Å². The van der Waals surface area contributed by atoms with E-state index >= 15 is 0 Å². The molecule has 1 aromatic rings. The standard InChI is InChI=1S/C5H4BFNO2/c7-4-3-8-2-1-5(4)10-6-9/h1-3,9H. The van der Waals surface area contributed by atoms with E-state index in [2.05, 4.69) is 9.64 Å². The molecule has 0 unspecified atom stereocenters. The maximum atomic E-state index is 12.5. The molecule has 0 saturated heterocycles. The lowest BCUT2D eigenvalue weighted by Gasteiger charge is -1.99. The average molecular weight is 140 g/mol. The summed E-state index contributed by atoms with van der Waals surface area (Å²) < 4.78 is 16.8. The Morgan fingerprint density at radius 1 is 1.70 bits per heavy atom. The van der Waals surface area contributed by atoms with Crippen LogP contribution in [-0.4, -0.2) is 17.7 Å². The lowest BCUT2D eigenvalue weighted by molar-refractivity contribution is 0.430. The van der Waals surface area contributed by atoms with Crippen LogP contribution in [0.2, 0.25) is 0 Å². The fraction of sp³-hybridized carbons (Fsp3) is 0. The molecule has 1 heterocycles. The highest BCUT2D eigenvalue weighted by Gasteiger charge is 2.00. The topological polar surface area (TPSA) is 42.4 Å². The molecule has 0 aliphatic heterocycles. The molecule has 1 N–H and O–H groups in total. The molecule has 0 bridgehead atoms. The summed E-state index contributed by atoms with van der Waals surface area (Å²) in [6.45, 7) is 0. The van der Waals surface area contributed by atoms with Crippen LogP contribution >= 0.6 is 0 Å². The van der Waals surface area contributed by atoms with Crippen molar-refractivity contribution >= 4 is 7.69 Å². The van der Waals surface area contributed by atoms with Gasteiger partial charge in [-0.05, 0) is 6.07 Å². The molecule has 0 spiro atoms. The molecule has 1 aromatic heterocycles. The summed E-state index contributed by atoms with van der Waals surface area (Å²) in [4.78, 5) is 3.48. The maximum Gasteiger partial charge on any atom is 0.569 e. The normalized spacial score (nSPS) is 9.00. The molecule has 3 nitrogen and oxygen atoms in total. The van der Waals surface area contributed by atoms with E-state index in [0.717, 1.165) is 6.20 Å². The van der Waals surface area contributed by atoms with Crippen molar-refractivity contribution in [1.29, 1.82) is 0 Å². The molecule has 1 rings (SSSR count). The van der Waals surface area contributed by atoms with Crippen LogP contribution in [0.4, 0.5) is 4.39 Å². The van der Waals surface area contributed by atoms with Crippen LogP contribution in [0, 0.1) is 5.82 Å². The van der Waals surface area contributed by atoms with Gasteiger partial charge < -0.3 is 9.68 Å². The number of hydrogen-bond acceptors (Lipinski definition) is 3. The predicted molar refractivity (Wildman–Crippen MR) is 32.8 cm³/mol. The molecule has 0 aliphatic rings. The van der Waals surface area contributed by atoms with Gasteiger partial charge in [0.15, 0.2) is 5.82 Å². The second-order valence-electron chi connectivity index (χ2n) is 1.53. The van der Waals surface area contributed by atoms with Crippen molar-refractivity contribution in [3.63, 3.8) is 0 Å². The zero-order valence-electron chi connectivity index (χ0n) is 4.99. The second-order valence-corrected chi connectivity index (χ2v) is 1.53. The van der Waals surface area contributed by atoms with Crippen LogP contribution in [0.15, 0.2) is 18.5 Å². The van der Waals surface area contributed by atoms with E-state index in [1.165, 1.54) is 12.3 Å². The van der Waals surface area contributed by atoms with Gasteiger partial charge in [-0.3, -0.25) is 4.98 Å². The minimum absolute atomic E-state index is 0.0440. The van der Waals surface area contributed by atoms with Gasteiger partial charge in [-0.1, -0.05) is 0 Å². The van der Waals surface area contributed by atoms with Crippen LogP contribution in [-0.2, 0) is 0 Å². The first-order valence-electron chi connectivity index (χ1n) is 2.56. The molecule has 1 radical (unpaired) electrons. The molecule has 0 fully saturated rings. The third-order valence-corrected chi connectivity index (χ3v) is 0.915. The zero-order chi connectivity index (χ0) is 7.40. The van der Waals surface area contributed by atoms with E-state index in [1.54, 1.807) is 0 Å². The Bertz CT molecular complexity index is 221. The van der Waals surface area contributed by atoms with E-state index in [-0.39, 0.29) is 5.75 Å². The largest absolute Gasteiger partial charge is 0.569 e. The smallest absolute Gasteiger partial charge is 0.535 e. The van der Waals surface area contributed by atoms with E-state index in [9.17, 15) is 4.39 Å². The van der Waals surface area contributed by atoms with Crippen molar-refractivity contribution < 1.29 is 14.1 Å². The number of pyridine rings is 1. The molecule has 0 aromatic carbocycles. The number of aromatic nitrogens is 1. The van der Waals surface area contributed by atoms with Crippen molar-refractivity contribution in [2.75, 3.05) is 0 Å². The number of hydrogen-bond donors (Lipinski definition) is 1. The molecule has 51 valence electrons. The first kappa shape index (κ1) is 7.02. The van der Waals surface area contributed by atoms with Crippen LogP contribution in [0.3, 0.4) is 0 Å². The van der Waals surface area contributed by atoms with Crippen molar-refractivity contribution in [3.05, 3.63) is 24.3 Å². The van der Waals surface area contributed by atoms with Crippen LogP contribution in [0.25, 0.3) is 0 Å². The summed E-state index contributed by atoms with van der Waals surface area (Å²) in [7, 11) is 0.415. The van der Waals surface area contributed by atoms with E-state index in [4.69, 9.17) is 5.02 Å². The third-order valence-electron chi connectivity index (χ3n) is 0.915. The Balaban J connectivity index is 2.81. The highest BCUT2D eigenvalue weighted by atomic mass is 19.1. The molecule has 10 heavy (non-hydrogen) atoms. The van der Waals surface area contributed by atoms with Gasteiger partial charge in [0, 0.05) is 6.20 Å². The Labute approximate surface area is 57.8 Å². The molecule has 0 atom stereocenters. The van der Waals surface area contributed by atoms with E-state index in [1.807, 2.05) is 0 Å². The maximum absolute atomic E-state index is 12.5. The van der Waals surface area contributed by atoms with Gasteiger partial charge in [-0.15, -0.1) is 0 Å². The lowest BCUT2D eigenvalue weighted by atomic mass is 10.3. The van der Waals surface area contributed by atoms with Crippen molar-refractivity contribution in [3.8, 4) is 5.75 Å². The molecule has 0 amide bonds. The van der Waals surface area contributed by atoms with Crippen molar-refractivity contribution in [2.24, 2.45) is 0 Å². The summed E-state index contributed by atoms with van der Waals surface area (Å²) in [6.07, 6.45) is 2.36. The first-order chi connectivity index (χ1) is 4.84. The van der Waals surface area contributed by atoms with Crippen LogP contribution in [0.5, 0.6) is 5.75 Å². The van der Waals surface area contributed by atoms with Gasteiger partial charge in [-0.25, -0.2) is 4.39 Å². The fourth-order valence-electron chi connectivity index (χ4n) is 0.515. The highest BCUT2D eigenvalue weighted by Crippen LogP contribution is 2.12. The lowest BCUT2D eigenvalue weighted by Crippen LogP contribution is -2.01. The molecule has 0 aliphatic carbocycles. The quantitative estimate of drug-likeness (QED) is 0.593. The molecular weight excluding hydrogens is 136 g/mol. The van der Waals surface area contributed by atoms with Gasteiger partial charge >= 0.3 is 7.69 Å². The number of halogens is 1. The molecular formula is C5H4BFNO2. The van der Waals surface area contributed by atoms with Gasteiger partial charge in [0.1, 0.15) is 5.75 Å². The molecule has 0 saturated carbocycles. The number of nitrogens with zero attached hydrogens (tertiary/aromatic N) is 1. The summed E-state index contributed by atoms with van der Waals surface area (Å²) in [5, 5.41) is 8.11. The van der Waals surface area contributed by atoms with Crippen LogP contribution < -0.4 is 4.65 Å². The average Bonchev–Trinajstić information content (AvgIpc) is 1.94. The minimum Gasteiger partial charge on any atom is -0.535 e. The second kappa shape index (κ2) is 3.17. The Morgan fingerprint density at radius 3 is 3.10 bits per heavy atom. The number of rotatable bonds is 2. The van der Waals surface area contributed by atoms with Crippen molar-refractivity contribution in [1.82, 2.24) is 4.98 Å². The SMILES string of the molecule is O[B]Oc1ccncc1F. The summed E-state index contributed by atoms with van der Waals surface area (Å²) in [6, 6.07) is 1.31. The van der Waals surface area contributed by atoms with E-state index in [0.29, 0.717) is 7.69 Å². The summed E-state index contributed by atoms with van der Waals surface area (Å²) in [5.74, 6) is -0.648. The summed E-state index contributed by atoms with van der Waals surface area (Å²) >= 11 is 0. The van der Waals surface area contributed by atoms with Crippen LogP contribution in [0.1, 0.15) is 0 Å². The predicted octanol–water partition coefficient (Wildman–Crippen LogP) is 0.126. The van der Waals surface area contributed by atoms with Gasteiger partial charge in [-0.2, -0.15) is 0 Å². The van der Waals surface area contributed by atoms with Gasteiger partial charge in [0.25, 0.3) is 0 Å². The Hall–Kier alpha value is -1.10. The summed E-state index contributed by atoms with van der Waals surface area (Å²) in [5.41, 5.74) is 0. The third kappa shape index (κ3) is 1.45. The monoisotopic (exact) mass is 140 g/mol.